The highest BCUT2D eigenvalue weighted by molar-refractivity contribution is 8.00. The van der Waals surface area contributed by atoms with Crippen LogP contribution in [0.1, 0.15) is 19.8 Å². The lowest BCUT2D eigenvalue weighted by Crippen LogP contribution is -2.26. The zero-order valence-electron chi connectivity index (χ0n) is 11.4. The van der Waals surface area contributed by atoms with E-state index in [1.165, 1.54) is 11.8 Å². The Hall–Kier alpha value is -1.69. The van der Waals surface area contributed by atoms with Crippen LogP contribution in [0.25, 0.3) is 0 Å². The predicted molar refractivity (Wildman–Crippen MR) is 77.7 cm³/mol. The summed E-state index contributed by atoms with van der Waals surface area (Å²) in [5, 5.41) is 12.0. The fraction of sp³-hybridized carbons (Fsp3) is 0.429. The lowest BCUT2D eigenvalue weighted by atomic mass is 10.3. The van der Waals surface area contributed by atoms with E-state index in [4.69, 9.17) is 4.74 Å². The number of rotatable bonds is 8. The smallest absolute Gasteiger partial charge is 0.305 e. The molecule has 20 heavy (non-hydrogen) atoms. The van der Waals surface area contributed by atoms with Gasteiger partial charge in [-0.2, -0.15) is 0 Å². The molecule has 110 valence electrons. The highest BCUT2D eigenvalue weighted by Gasteiger charge is 2.05. The number of thioether (sulfide) groups is 1. The molecule has 0 aliphatic heterocycles. The highest BCUT2D eigenvalue weighted by Crippen LogP contribution is 2.21. The number of hydrogen-bond acceptors (Lipinski definition) is 5. The molecule has 0 aliphatic carbocycles. The number of phenols is 1. The molecule has 0 heterocycles. The Labute approximate surface area is 122 Å². The first-order valence-corrected chi connectivity index (χ1v) is 7.44. The average Bonchev–Trinajstić information content (AvgIpc) is 2.42. The van der Waals surface area contributed by atoms with E-state index in [2.05, 4.69) is 5.32 Å². The van der Waals surface area contributed by atoms with Crippen LogP contribution in [0.5, 0.6) is 5.75 Å². The first kappa shape index (κ1) is 16.4. The number of amides is 1. The second kappa shape index (κ2) is 9.25. The first-order valence-electron chi connectivity index (χ1n) is 6.46. The molecule has 1 amide bonds. The number of phenolic OH excluding ortho intramolecular Hbond substituents is 1. The molecule has 0 fully saturated rings. The van der Waals surface area contributed by atoms with Crippen molar-refractivity contribution in [1.82, 2.24) is 5.32 Å². The van der Waals surface area contributed by atoms with Gasteiger partial charge >= 0.3 is 5.97 Å². The molecule has 0 aromatic heterocycles. The molecule has 0 saturated carbocycles. The Bertz CT molecular complexity index is 451. The normalized spacial score (nSPS) is 10.1. The van der Waals surface area contributed by atoms with Crippen molar-refractivity contribution in [1.29, 1.82) is 0 Å². The lowest BCUT2D eigenvalue weighted by Gasteiger charge is -2.05. The van der Waals surface area contributed by atoms with Gasteiger partial charge in [0, 0.05) is 17.9 Å². The third kappa shape index (κ3) is 7.04. The first-order chi connectivity index (χ1) is 9.61. The molecule has 2 N–H and O–H groups in total. The molecule has 5 nitrogen and oxygen atoms in total. The summed E-state index contributed by atoms with van der Waals surface area (Å²) in [6.07, 6.45) is 0.884. The van der Waals surface area contributed by atoms with Gasteiger partial charge in [0.1, 0.15) is 5.75 Å². The number of esters is 1. The Balaban J connectivity index is 2.13. The summed E-state index contributed by atoms with van der Waals surface area (Å²) >= 11 is 1.35. The number of aromatic hydroxyl groups is 1. The van der Waals surface area contributed by atoms with Crippen LogP contribution in [0.3, 0.4) is 0 Å². The van der Waals surface area contributed by atoms with E-state index >= 15 is 0 Å². The average molecular weight is 297 g/mol. The quantitative estimate of drug-likeness (QED) is 0.436. The fourth-order valence-electron chi connectivity index (χ4n) is 1.47. The van der Waals surface area contributed by atoms with Crippen molar-refractivity contribution in [3.8, 4) is 5.75 Å². The second-order valence-electron chi connectivity index (χ2n) is 4.04. The monoisotopic (exact) mass is 297 g/mol. The summed E-state index contributed by atoms with van der Waals surface area (Å²) in [6.45, 7) is 2.60. The van der Waals surface area contributed by atoms with E-state index in [0.29, 0.717) is 26.0 Å². The minimum absolute atomic E-state index is 0.0952. The standard InChI is InChI=1S/C14H19NO4S/c1-2-19-14(18)7-4-8-15-13(17)10-20-12-6-3-5-11(16)9-12/h3,5-6,9,16H,2,4,7-8,10H2,1H3,(H,15,17). The van der Waals surface area contributed by atoms with Gasteiger partial charge in [0.15, 0.2) is 0 Å². The summed E-state index contributed by atoms with van der Waals surface area (Å²) in [7, 11) is 0. The van der Waals surface area contributed by atoms with Gasteiger partial charge in [0.25, 0.3) is 0 Å². The van der Waals surface area contributed by atoms with Crippen LogP contribution in [-0.4, -0.2) is 35.9 Å². The van der Waals surface area contributed by atoms with Gasteiger partial charge in [-0.25, -0.2) is 0 Å². The Morgan fingerprint density at radius 3 is 2.90 bits per heavy atom. The number of benzene rings is 1. The van der Waals surface area contributed by atoms with Crippen molar-refractivity contribution in [3.05, 3.63) is 24.3 Å². The topological polar surface area (TPSA) is 75.6 Å². The lowest BCUT2D eigenvalue weighted by molar-refractivity contribution is -0.143. The molecule has 0 bridgehead atoms. The Kier molecular flexibility index (Phi) is 7.57. The van der Waals surface area contributed by atoms with E-state index in [1.54, 1.807) is 25.1 Å². The van der Waals surface area contributed by atoms with Crippen LogP contribution in [0.2, 0.25) is 0 Å². The maximum absolute atomic E-state index is 11.6. The second-order valence-corrected chi connectivity index (χ2v) is 5.09. The summed E-state index contributed by atoms with van der Waals surface area (Å²) in [4.78, 5) is 23.5. The van der Waals surface area contributed by atoms with E-state index in [9.17, 15) is 14.7 Å². The van der Waals surface area contributed by atoms with Crippen LogP contribution in [0.4, 0.5) is 0 Å². The van der Waals surface area contributed by atoms with Crippen molar-refractivity contribution < 1.29 is 19.4 Å². The molecule has 1 rings (SSSR count). The zero-order valence-corrected chi connectivity index (χ0v) is 12.2. The van der Waals surface area contributed by atoms with E-state index in [1.807, 2.05) is 6.07 Å². The van der Waals surface area contributed by atoms with Crippen LogP contribution in [0.15, 0.2) is 29.2 Å². The molecule has 1 aromatic rings. The fourth-order valence-corrected chi connectivity index (χ4v) is 2.25. The highest BCUT2D eigenvalue weighted by atomic mass is 32.2. The summed E-state index contributed by atoms with van der Waals surface area (Å²) in [5.41, 5.74) is 0. The van der Waals surface area contributed by atoms with Crippen LogP contribution >= 0.6 is 11.8 Å². The zero-order chi connectivity index (χ0) is 14.8. The molecule has 0 saturated heterocycles. The van der Waals surface area contributed by atoms with Gasteiger partial charge in [-0.1, -0.05) is 6.07 Å². The molecule has 6 heteroatoms. The Morgan fingerprint density at radius 2 is 2.20 bits per heavy atom. The van der Waals surface area contributed by atoms with Crippen molar-refractivity contribution in [2.45, 2.75) is 24.7 Å². The Morgan fingerprint density at radius 1 is 1.40 bits per heavy atom. The van der Waals surface area contributed by atoms with Crippen LogP contribution in [-0.2, 0) is 14.3 Å². The maximum atomic E-state index is 11.6. The third-order valence-corrected chi connectivity index (χ3v) is 3.37. The molecule has 0 atom stereocenters. The van der Waals surface area contributed by atoms with Gasteiger partial charge in [0.2, 0.25) is 5.91 Å². The van der Waals surface area contributed by atoms with Crippen LogP contribution < -0.4 is 5.32 Å². The van der Waals surface area contributed by atoms with Crippen molar-refractivity contribution in [2.75, 3.05) is 18.9 Å². The molecular weight excluding hydrogens is 278 g/mol. The number of carbonyl (C=O) groups is 2. The molecule has 0 unspecified atom stereocenters. The van der Waals surface area contributed by atoms with E-state index in [-0.39, 0.29) is 23.4 Å². The molecule has 1 aromatic carbocycles. The number of hydrogen-bond donors (Lipinski definition) is 2. The number of carbonyl (C=O) groups excluding carboxylic acids is 2. The van der Waals surface area contributed by atoms with E-state index in [0.717, 1.165) is 4.90 Å². The van der Waals surface area contributed by atoms with Gasteiger partial charge < -0.3 is 15.2 Å². The van der Waals surface area contributed by atoms with Gasteiger partial charge in [-0.15, -0.1) is 11.8 Å². The maximum Gasteiger partial charge on any atom is 0.305 e. The van der Waals surface area contributed by atoms with Crippen LogP contribution in [0, 0.1) is 0 Å². The van der Waals surface area contributed by atoms with Gasteiger partial charge in [-0.05, 0) is 31.5 Å². The summed E-state index contributed by atoms with van der Waals surface area (Å²) in [6, 6.07) is 6.76. The number of ether oxygens (including phenoxy) is 1. The minimum Gasteiger partial charge on any atom is -0.508 e. The van der Waals surface area contributed by atoms with Gasteiger partial charge in [0.05, 0.1) is 12.4 Å². The van der Waals surface area contributed by atoms with Crippen molar-refractivity contribution in [2.24, 2.45) is 0 Å². The predicted octanol–water partition coefficient (Wildman–Crippen LogP) is 1.94. The molecular formula is C14H19NO4S. The van der Waals surface area contributed by atoms with Crippen molar-refractivity contribution in [3.63, 3.8) is 0 Å². The molecule has 0 aliphatic rings. The van der Waals surface area contributed by atoms with E-state index < -0.39 is 0 Å². The third-order valence-electron chi connectivity index (χ3n) is 2.37. The SMILES string of the molecule is CCOC(=O)CCCNC(=O)CSc1cccc(O)c1. The largest absolute Gasteiger partial charge is 0.508 e. The summed E-state index contributed by atoms with van der Waals surface area (Å²) in [5.74, 6) is 0.131. The summed E-state index contributed by atoms with van der Waals surface area (Å²) < 4.78 is 4.79. The van der Waals surface area contributed by atoms with Gasteiger partial charge in [-0.3, -0.25) is 9.59 Å². The molecule has 0 radical (unpaired) electrons. The molecule has 0 spiro atoms. The minimum atomic E-state index is -0.240. The van der Waals surface area contributed by atoms with Crippen molar-refractivity contribution >= 4 is 23.6 Å². The number of nitrogens with one attached hydrogen (secondary N) is 1.